The van der Waals surface area contributed by atoms with Crippen LogP contribution in [-0.2, 0) is 17.6 Å². The Labute approximate surface area is 164 Å². The molecule has 4 nitrogen and oxygen atoms in total. The molecule has 1 heterocycles. The van der Waals surface area contributed by atoms with Crippen molar-refractivity contribution in [2.24, 2.45) is 0 Å². The lowest BCUT2D eigenvalue weighted by molar-refractivity contribution is -0.107. The van der Waals surface area contributed by atoms with E-state index in [0.29, 0.717) is 24.2 Å². The topological polar surface area (TPSA) is 67.5 Å². The first-order valence-corrected chi connectivity index (χ1v) is 11.0. The Morgan fingerprint density at radius 1 is 0.852 bits per heavy atom. The van der Waals surface area contributed by atoms with Crippen molar-refractivity contribution in [3.05, 3.63) is 27.8 Å². The number of hydrogen-bond acceptors (Lipinski definition) is 4. The molecular formula is C23H38O4. The van der Waals surface area contributed by atoms with Gasteiger partial charge in [-0.25, -0.2) is 4.79 Å². The number of hydrogen-bond donors (Lipinski definition) is 1. The highest BCUT2D eigenvalue weighted by atomic mass is 16.4. The van der Waals surface area contributed by atoms with E-state index in [1.807, 2.05) is 0 Å². The summed E-state index contributed by atoms with van der Waals surface area (Å²) >= 11 is 0. The maximum Gasteiger partial charge on any atom is 0.342 e. The Morgan fingerprint density at radius 2 is 1.41 bits per heavy atom. The lowest BCUT2D eigenvalue weighted by Gasteiger charge is -2.06. The Hall–Kier alpha value is -1.58. The average molecular weight is 379 g/mol. The number of carbonyl (C=O) groups is 1. The maximum absolute atomic E-state index is 12.1. The van der Waals surface area contributed by atoms with Gasteiger partial charge in [0.05, 0.1) is 5.56 Å². The molecule has 1 N–H and O–H groups in total. The van der Waals surface area contributed by atoms with E-state index in [2.05, 4.69) is 6.92 Å². The second kappa shape index (κ2) is 15.5. The van der Waals surface area contributed by atoms with Gasteiger partial charge in [-0.1, -0.05) is 71.1 Å². The Balaban J connectivity index is 2.25. The summed E-state index contributed by atoms with van der Waals surface area (Å²) in [4.78, 5) is 22.4. The van der Waals surface area contributed by atoms with E-state index >= 15 is 0 Å². The Kier molecular flexibility index (Phi) is 13.4. The third kappa shape index (κ3) is 11.0. The summed E-state index contributed by atoms with van der Waals surface area (Å²) in [5, 5.41) is 10.2. The molecule has 4 heteroatoms. The molecule has 0 aliphatic carbocycles. The van der Waals surface area contributed by atoms with Gasteiger partial charge in [-0.05, 0) is 25.7 Å². The summed E-state index contributed by atoms with van der Waals surface area (Å²) in [7, 11) is 0. The normalized spacial score (nSPS) is 11.0. The van der Waals surface area contributed by atoms with Crippen LogP contribution in [0, 0.1) is 0 Å². The minimum Gasteiger partial charge on any atom is -0.507 e. The number of carbonyl (C=O) groups excluding carboxylic acids is 1. The number of rotatable bonds is 17. The fourth-order valence-corrected chi connectivity index (χ4v) is 3.40. The fraction of sp³-hybridized carbons (Fsp3) is 0.739. The minimum atomic E-state index is -0.376. The Bertz CT molecular complexity index is 562. The number of unbranched alkanes of at least 4 members (excludes halogenated alkanes) is 12. The van der Waals surface area contributed by atoms with Crippen molar-refractivity contribution in [2.45, 2.75) is 110 Å². The molecular weight excluding hydrogens is 340 g/mol. The highest BCUT2D eigenvalue weighted by Gasteiger charge is 2.11. The highest BCUT2D eigenvalue weighted by Crippen LogP contribution is 2.19. The molecule has 0 fully saturated rings. The van der Waals surface area contributed by atoms with Crippen LogP contribution in [0.3, 0.4) is 0 Å². The van der Waals surface area contributed by atoms with Gasteiger partial charge in [0.15, 0.2) is 0 Å². The summed E-state index contributed by atoms with van der Waals surface area (Å²) in [6.45, 7) is 2.22. The molecule has 0 spiro atoms. The second-order valence-corrected chi connectivity index (χ2v) is 7.56. The van der Waals surface area contributed by atoms with Crippen molar-refractivity contribution in [1.82, 2.24) is 0 Å². The molecule has 0 amide bonds. The zero-order valence-electron chi connectivity index (χ0n) is 17.1. The van der Waals surface area contributed by atoms with Gasteiger partial charge in [-0.2, -0.15) is 0 Å². The van der Waals surface area contributed by atoms with E-state index in [9.17, 15) is 14.7 Å². The van der Waals surface area contributed by atoms with Crippen molar-refractivity contribution >= 4 is 6.29 Å². The molecule has 0 saturated heterocycles. The molecule has 0 aliphatic rings. The van der Waals surface area contributed by atoms with Gasteiger partial charge in [0.1, 0.15) is 17.8 Å². The average Bonchev–Trinajstić information content (AvgIpc) is 2.65. The SMILES string of the molecule is CCCCCCCCCc1cc(O)c(CCCCCCCCC=O)c(=O)o1. The summed E-state index contributed by atoms with van der Waals surface area (Å²) in [6, 6.07) is 1.63. The van der Waals surface area contributed by atoms with Gasteiger partial charge in [0.2, 0.25) is 0 Å². The molecule has 154 valence electrons. The van der Waals surface area contributed by atoms with Gasteiger partial charge in [-0.3, -0.25) is 0 Å². The summed E-state index contributed by atoms with van der Waals surface area (Å²) in [5.41, 5.74) is 0.0400. The van der Waals surface area contributed by atoms with E-state index in [1.54, 1.807) is 6.07 Å². The minimum absolute atomic E-state index is 0.0928. The third-order valence-corrected chi connectivity index (χ3v) is 5.10. The lowest BCUT2D eigenvalue weighted by Crippen LogP contribution is -2.09. The highest BCUT2D eigenvalue weighted by molar-refractivity contribution is 5.48. The van der Waals surface area contributed by atoms with Crippen LogP contribution in [0.25, 0.3) is 0 Å². The quantitative estimate of drug-likeness (QED) is 0.262. The van der Waals surface area contributed by atoms with E-state index < -0.39 is 0 Å². The van der Waals surface area contributed by atoms with Gasteiger partial charge < -0.3 is 14.3 Å². The zero-order chi connectivity index (χ0) is 19.7. The van der Waals surface area contributed by atoms with E-state index in [0.717, 1.165) is 64.1 Å². The van der Waals surface area contributed by atoms with Crippen molar-refractivity contribution < 1.29 is 14.3 Å². The van der Waals surface area contributed by atoms with Crippen LogP contribution in [0.15, 0.2) is 15.3 Å². The van der Waals surface area contributed by atoms with Crippen LogP contribution in [-0.4, -0.2) is 11.4 Å². The second-order valence-electron chi connectivity index (χ2n) is 7.56. The van der Waals surface area contributed by atoms with Gasteiger partial charge in [-0.15, -0.1) is 0 Å². The summed E-state index contributed by atoms with van der Waals surface area (Å²) < 4.78 is 5.41. The lowest BCUT2D eigenvalue weighted by atomic mass is 10.0. The van der Waals surface area contributed by atoms with Crippen molar-refractivity contribution in [3.63, 3.8) is 0 Å². The molecule has 0 atom stereocenters. The number of aldehydes is 1. The van der Waals surface area contributed by atoms with Crippen molar-refractivity contribution in [3.8, 4) is 5.75 Å². The standard InChI is InChI=1S/C23H38O4/c1-2-3-4-5-7-10-13-16-20-19-22(25)21(23(26)27-20)17-14-11-8-6-9-12-15-18-24/h18-19,25H,2-17H2,1H3. The molecule has 1 aromatic rings. The van der Waals surface area contributed by atoms with Gasteiger partial charge in [0, 0.05) is 18.9 Å². The van der Waals surface area contributed by atoms with E-state index in [1.165, 1.54) is 32.1 Å². The van der Waals surface area contributed by atoms with Gasteiger partial charge >= 0.3 is 5.63 Å². The molecule has 0 saturated carbocycles. The molecule has 27 heavy (non-hydrogen) atoms. The zero-order valence-corrected chi connectivity index (χ0v) is 17.1. The van der Waals surface area contributed by atoms with Crippen molar-refractivity contribution in [2.75, 3.05) is 0 Å². The first-order chi connectivity index (χ1) is 13.2. The van der Waals surface area contributed by atoms with Crippen molar-refractivity contribution in [1.29, 1.82) is 0 Å². The molecule has 0 radical (unpaired) electrons. The number of aryl methyl sites for hydroxylation is 1. The summed E-state index contributed by atoms with van der Waals surface area (Å²) in [5.74, 6) is 0.695. The molecule has 0 aromatic carbocycles. The van der Waals surface area contributed by atoms with E-state index in [-0.39, 0.29) is 11.4 Å². The predicted molar refractivity (Wildman–Crippen MR) is 110 cm³/mol. The van der Waals surface area contributed by atoms with Gasteiger partial charge in [0.25, 0.3) is 0 Å². The van der Waals surface area contributed by atoms with Crippen LogP contribution >= 0.6 is 0 Å². The largest absolute Gasteiger partial charge is 0.507 e. The van der Waals surface area contributed by atoms with Crippen LogP contribution in [0.1, 0.15) is 108 Å². The number of aromatic hydroxyl groups is 1. The maximum atomic E-state index is 12.1. The molecule has 1 aromatic heterocycles. The summed E-state index contributed by atoms with van der Waals surface area (Å²) in [6.07, 6.45) is 17.6. The predicted octanol–water partition coefficient (Wildman–Crippen LogP) is 6.11. The van der Waals surface area contributed by atoms with Crippen LogP contribution in [0.5, 0.6) is 5.75 Å². The van der Waals surface area contributed by atoms with E-state index in [4.69, 9.17) is 4.42 Å². The smallest absolute Gasteiger partial charge is 0.342 e. The van der Waals surface area contributed by atoms with Crippen LogP contribution < -0.4 is 5.63 Å². The van der Waals surface area contributed by atoms with Crippen LogP contribution in [0.2, 0.25) is 0 Å². The first kappa shape index (κ1) is 23.5. The monoisotopic (exact) mass is 378 g/mol. The third-order valence-electron chi connectivity index (χ3n) is 5.10. The molecule has 1 rings (SSSR count). The molecule has 0 unspecified atom stereocenters. The fourth-order valence-electron chi connectivity index (χ4n) is 3.40. The molecule has 0 aliphatic heterocycles. The molecule has 0 bridgehead atoms. The first-order valence-electron chi connectivity index (χ1n) is 11.0. The Morgan fingerprint density at radius 3 is 2.00 bits per heavy atom. The van der Waals surface area contributed by atoms with Crippen LogP contribution in [0.4, 0.5) is 0 Å².